The molecule has 0 spiro atoms. The van der Waals surface area contributed by atoms with Crippen molar-refractivity contribution in [3.8, 4) is 0 Å². The van der Waals surface area contributed by atoms with E-state index in [1.165, 1.54) is 6.92 Å². The lowest BCUT2D eigenvalue weighted by Gasteiger charge is -2.04. The zero-order chi connectivity index (χ0) is 11.0. The molecule has 15 heavy (non-hydrogen) atoms. The van der Waals surface area contributed by atoms with Crippen LogP contribution in [-0.2, 0) is 4.79 Å². The molecule has 78 valence electrons. The van der Waals surface area contributed by atoms with Gasteiger partial charge in [0.15, 0.2) is 5.65 Å². The largest absolute Gasteiger partial charge is 0.323 e. The predicted molar refractivity (Wildman–Crippen MR) is 59.7 cm³/mol. The number of hydrogen-bond acceptors (Lipinski definition) is 3. The van der Waals surface area contributed by atoms with Gasteiger partial charge in [-0.15, -0.1) is 10.2 Å². The van der Waals surface area contributed by atoms with Crippen molar-refractivity contribution in [2.45, 2.75) is 13.8 Å². The summed E-state index contributed by atoms with van der Waals surface area (Å²) < 4.78 is 2.68. The van der Waals surface area contributed by atoms with Crippen LogP contribution in [0.2, 0.25) is 0 Å². The van der Waals surface area contributed by atoms with Crippen molar-refractivity contribution in [1.29, 1.82) is 0 Å². The Morgan fingerprint density at radius 1 is 1.53 bits per heavy atom. The number of hydrogen-bond donors (Lipinski definition) is 1. The molecule has 0 aliphatic rings. The normalized spacial score (nSPS) is 10.6. The highest BCUT2D eigenvalue weighted by molar-refractivity contribution is 9.10. The van der Waals surface area contributed by atoms with Crippen molar-refractivity contribution in [2.75, 3.05) is 5.32 Å². The van der Waals surface area contributed by atoms with Crippen LogP contribution >= 0.6 is 15.9 Å². The first-order valence-electron chi connectivity index (χ1n) is 4.36. The van der Waals surface area contributed by atoms with Gasteiger partial charge in [0.05, 0.1) is 5.69 Å². The number of nitrogens with one attached hydrogen (secondary N) is 1. The zero-order valence-corrected chi connectivity index (χ0v) is 9.87. The molecule has 0 aliphatic heterocycles. The van der Waals surface area contributed by atoms with Crippen molar-refractivity contribution < 1.29 is 4.79 Å². The summed E-state index contributed by atoms with van der Waals surface area (Å²) in [5, 5.41) is 10.6. The van der Waals surface area contributed by atoms with E-state index in [1.54, 1.807) is 6.07 Å². The number of carbonyl (C=O) groups is 1. The van der Waals surface area contributed by atoms with Gasteiger partial charge < -0.3 is 5.32 Å². The summed E-state index contributed by atoms with van der Waals surface area (Å²) in [5.74, 6) is 0.647. The molecule has 5 nitrogen and oxygen atoms in total. The lowest BCUT2D eigenvalue weighted by molar-refractivity contribution is -0.114. The first-order chi connectivity index (χ1) is 7.08. The number of rotatable bonds is 1. The van der Waals surface area contributed by atoms with Crippen LogP contribution in [0.25, 0.3) is 5.65 Å². The Kier molecular flexibility index (Phi) is 2.44. The quantitative estimate of drug-likeness (QED) is 0.858. The Labute approximate surface area is 94.6 Å². The number of pyridine rings is 1. The first kappa shape index (κ1) is 10.1. The summed E-state index contributed by atoms with van der Waals surface area (Å²) in [6.07, 6.45) is 1.86. The van der Waals surface area contributed by atoms with Crippen LogP contribution in [0.3, 0.4) is 0 Å². The minimum absolute atomic E-state index is 0.129. The topological polar surface area (TPSA) is 59.3 Å². The summed E-state index contributed by atoms with van der Waals surface area (Å²) in [6, 6.07) is 1.80. The number of carbonyl (C=O) groups excluding carboxylic acids is 1. The van der Waals surface area contributed by atoms with Gasteiger partial charge in [-0.1, -0.05) is 0 Å². The number of amides is 1. The third-order valence-corrected chi connectivity index (χ3v) is 2.39. The smallest absolute Gasteiger partial charge is 0.221 e. The molecule has 1 amide bonds. The molecule has 0 atom stereocenters. The Morgan fingerprint density at radius 2 is 2.27 bits per heavy atom. The molecule has 0 aliphatic carbocycles. The highest BCUT2D eigenvalue weighted by Crippen LogP contribution is 2.21. The summed E-state index contributed by atoms with van der Waals surface area (Å²) in [6.45, 7) is 3.31. The summed E-state index contributed by atoms with van der Waals surface area (Å²) in [7, 11) is 0. The van der Waals surface area contributed by atoms with Crippen LogP contribution in [0.15, 0.2) is 16.7 Å². The monoisotopic (exact) mass is 268 g/mol. The van der Waals surface area contributed by atoms with E-state index in [9.17, 15) is 4.79 Å². The van der Waals surface area contributed by atoms with Gasteiger partial charge in [0, 0.05) is 17.6 Å². The van der Waals surface area contributed by atoms with E-state index in [0.717, 1.165) is 10.3 Å². The van der Waals surface area contributed by atoms with Crippen molar-refractivity contribution in [1.82, 2.24) is 14.6 Å². The van der Waals surface area contributed by atoms with Gasteiger partial charge in [0.1, 0.15) is 5.82 Å². The zero-order valence-electron chi connectivity index (χ0n) is 8.28. The third-order valence-electron chi connectivity index (χ3n) is 1.95. The summed E-state index contributed by atoms with van der Waals surface area (Å²) >= 11 is 3.36. The van der Waals surface area contributed by atoms with Crippen molar-refractivity contribution >= 4 is 33.2 Å². The molecule has 0 saturated carbocycles. The van der Waals surface area contributed by atoms with Crippen molar-refractivity contribution in [2.24, 2.45) is 0 Å². The van der Waals surface area contributed by atoms with Crippen LogP contribution in [0.4, 0.5) is 5.69 Å². The SMILES string of the molecule is CC(=O)Nc1cc(Br)cn2c(C)nnc12. The second-order valence-electron chi connectivity index (χ2n) is 3.19. The molecule has 0 fully saturated rings. The maximum absolute atomic E-state index is 11.0. The first-order valence-corrected chi connectivity index (χ1v) is 5.15. The van der Waals surface area contributed by atoms with Gasteiger partial charge >= 0.3 is 0 Å². The number of halogens is 1. The lowest BCUT2D eigenvalue weighted by Crippen LogP contribution is -2.07. The van der Waals surface area contributed by atoms with Crippen LogP contribution < -0.4 is 5.32 Å². The lowest BCUT2D eigenvalue weighted by atomic mass is 10.4. The Balaban J connectivity index is 2.66. The molecule has 2 aromatic heterocycles. The Morgan fingerprint density at radius 3 is 2.93 bits per heavy atom. The van der Waals surface area contributed by atoms with Gasteiger partial charge in [0.25, 0.3) is 0 Å². The van der Waals surface area contributed by atoms with E-state index in [1.807, 2.05) is 17.5 Å². The van der Waals surface area contributed by atoms with Gasteiger partial charge in [0.2, 0.25) is 5.91 Å². The molecule has 6 heteroatoms. The maximum atomic E-state index is 11.0. The third kappa shape index (κ3) is 1.85. The highest BCUT2D eigenvalue weighted by Gasteiger charge is 2.08. The van der Waals surface area contributed by atoms with E-state index in [-0.39, 0.29) is 5.91 Å². The van der Waals surface area contributed by atoms with E-state index >= 15 is 0 Å². The summed E-state index contributed by atoms with van der Waals surface area (Å²) in [5.41, 5.74) is 1.29. The van der Waals surface area contributed by atoms with Crippen LogP contribution in [0.5, 0.6) is 0 Å². The fourth-order valence-electron chi connectivity index (χ4n) is 1.35. The Hall–Kier alpha value is -1.43. The minimum Gasteiger partial charge on any atom is -0.323 e. The highest BCUT2D eigenvalue weighted by atomic mass is 79.9. The van der Waals surface area contributed by atoms with E-state index < -0.39 is 0 Å². The Bertz CT molecular complexity index is 534. The molecule has 0 unspecified atom stereocenters. The number of anilines is 1. The van der Waals surface area contributed by atoms with Gasteiger partial charge in [-0.05, 0) is 28.9 Å². The second-order valence-corrected chi connectivity index (χ2v) is 4.11. The number of aromatic nitrogens is 3. The van der Waals surface area contributed by atoms with E-state index in [4.69, 9.17) is 0 Å². The fourth-order valence-corrected chi connectivity index (χ4v) is 1.79. The number of fused-ring (bicyclic) bond motifs is 1. The van der Waals surface area contributed by atoms with Crippen molar-refractivity contribution in [3.63, 3.8) is 0 Å². The average molecular weight is 269 g/mol. The maximum Gasteiger partial charge on any atom is 0.221 e. The molecule has 2 heterocycles. The molecule has 0 saturated heterocycles. The summed E-state index contributed by atoms with van der Waals surface area (Å²) in [4.78, 5) is 11.0. The molecule has 0 bridgehead atoms. The van der Waals surface area contributed by atoms with Crippen LogP contribution in [0.1, 0.15) is 12.7 Å². The van der Waals surface area contributed by atoms with Gasteiger partial charge in [-0.3, -0.25) is 9.20 Å². The molecule has 0 aromatic carbocycles. The molecular formula is C9H9BrN4O. The fraction of sp³-hybridized carbons (Fsp3) is 0.222. The average Bonchev–Trinajstić information content (AvgIpc) is 2.47. The molecular weight excluding hydrogens is 260 g/mol. The van der Waals surface area contributed by atoms with Crippen LogP contribution in [-0.4, -0.2) is 20.5 Å². The molecule has 0 radical (unpaired) electrons. The molecule has 1 N–H and O–H groups in total. The molecule has 2 rings (SSSR count). The molecule has 2 aromatic rings. The standard InChI is InChI=1S/C9H9BrN4O/c1-5-12-13-9-8(11-6(2)15)3-7(10)4-14(5)9/h3-4H,1-2H3,(H,11,15). The number of nitrogens with zero attached hydrogens (tertiary/aromatic N) is 3. The van der Waals surface area contributed by atoms with Gasteiger partial charge in [-0.25, -0.2) is 0 Å². The van der Waals surface area contributed by atoms with Crippen LogP contribution in [0, 0.1) is 6.92 Å². The van der Waals surface area contributed by atoms with E-state index in [0.29, 0.717) is 11.3 Å². The number of aryl methyl sites for hydroxylation is 1. The second kappa shape index (κ2) is 3.62. The van der Waals surface area contributed by atoms with Gasteiger partial charge in [-0.2, -0.15) is 0 Å². The van der Waals surface area contributed by atoms with E-state index in [2.05, 4.69) is 31.4 Å². The van der Waals surface area contributed by atoms with Crippen molar-refractivity contribution in [3.05, 3.63) is 22.6 Å². The predicted octanol–water partition coefficient (Wildman–Crippen LogP) is 1.76. The minimum atomic E-state index is -0.129.